The van der Waals surface area contributed by atoms with E-state index in [1.807, 2.05) is 24.1 Å². The Morgan fingerprint density at radius 2 is 1.95 bits per heavy atom. The summed E-state index contributed by atoms with van der Waals surface area (Å²) in [4.78, 5) is 8.99. The van der Waals surface area contributed by atoms with E-state index in [1.54, 1.807) is 11.8 Å². The molecule has 108 valence electrons. The maximum absolute atomic E-state index is 4.52. The van der Waals surface area contributed by atoms with Crippen molar-refractivity contribution in [3.8, 4) is 0 Å². The molecule has 1 rings (SSSR count). The molecule has 4 nitrogen and oxygen atoms in total. The number of aromatic nitrogens is 2. The molecule has 1 aromatic heterocycles. The van der Waals surface area contributed by atoms with E-state index < -0.39 is 0 Å². The van der Waals surface area contributed by atoms with Gasteiger partial charge in [0.15, 0.2) is 5.16 Å². The second kappa shape index (κ2) is 9.31. The summed E-state index contributed by atoms with van der Waals surface area (Å²) in [5.41, 5.74) is 0. The number of nitrogens with zero attached hydrogens (tertiary/aromatic N) is 2. The molecule has 0 aromatic carbocycles. The van der Waals surface area contributed by atoms with Crippen LogP contribution in [0.2, 0.25) is 0 Å². The van der Waals surface area contributed by atoms with Crippen molar-refractivity contribution in [2.24, 2.45) is 0 Å². The number of hydrogen-bond donors (Lipinski definition) is 2. The number of anilines is 2. The van der Waals surface area contributed by atoms with Crippen LogP contribution in [0.25, 0.3) is 0 Å². The van der Waals surface area contributed by atoms with Crippen molar-refractivity contribution in [3.05, 3.63) is 6.07 Å². The molecule has 0 fully saturated rings. The van der Waals surface area contributed by atoms with Gasteiger partial charge in [0.1, 0.15) is 11.6 Å². The van der Waals surface area contributed by atoms with Crippen LogP contribution in [0.15, 0.2) is 11.2 Å². The Bertz CT molecular complexity index is 374. The zero-order chi connectivity index (χ0) is 14.1. The lowest BCUT2D eigenvalue weighted by atomic mass is 10.2. The maximum Gasteiger partial charge on any atom is 0.191 e. The van der Waals surface area contributed by atoms with Gasteiger partial charge in [-0.15, -0.1) is 0 Å². The van der Waals surface area contributed by atoms with Crippen LogP contribution in [0.1, 0.15) is 26.7 Å². The zero-order valence-electron chi connectivity index (χ0n) is 12.2. The average Bonchev–Trinajstić information content (AvgIpc) is 2.44. The Hall–Kier alpha value is -0.620. The molecule has 0 saturated carbocycles. The second-order valence-electron chi connectivity index (χ2n) is 4.26. The van der Waals surface area contributed by atoms with Gasteiger partial charge in [0, 0.05) is 24.4 Å². The molecular formula is C13H24N4S2. The van der Waals surface area contributed by atoms with Gasteiger partial charge < -0.3 is 10.6 Å². The summed E-state index contributed by atoms with van der Waals surface area (Å²) in [5, 5.41) is 7.63. The summed E-state index contributed by atoms with van der Waals surface area (Å²) in [5.74, 6) is 2.91. The second-order valence-corrected chi connectivity index (χ2v) is 5.94. The quantitative estimate of drug-likeness (QED) is 0.537. The van der Waals surface area contributed by atoms with Crippen molar-refractivity contribution in [1.82, 2.24) is 9.97 Å². The molecule has 2 N–H and O–H groups in total. The van der Waals surface area contributed by atoms with E-state index in [0.717, 1.165) is 41.9 Å². The van der Waals surface area contributed by atoms with Gasteiger partial charge >= 0.3 is 0 Å². The van der Waals surface area contributed by atoms with Crippen LogP contribution in [0.5, 0.6) is 0 Å². The highest BCUT2D eigenvalue weighted by molar-refractivity contribution is 7.98. The van der Waals surface area contributed by atoms with E-state index in [0.29, 0.717) is 6.04 Å². The van der Waals surface area contributed by atoms with Crippen LogP contribution in [-0.2, 0) is 0 Å². The first-order chi connectivity index (χ1) is 9.23. The first-order valence-electron chi connectivity index (χ1n) is 6.65. The lowest BCUT2D eigenvalue weighted by Gasteiger charge is -2.17. The van der Waals surface area contributed by atoms with Gasteiger partial charge in [-0.25, -0.2) is 9.97 Å². The molecule has 0 aliphatic heterocycles. The summed E-state index contributed by atoms with van der Waals surface area (Å²) in [6.45, 7) is 5.28. The van der Waals surface area contributed by atoms with E-state index in [-0.39, 0.29) is 0 Å². The highest BCUT2D eigenvalue weighted by Crippen LogP contribution is 2.19. The smallest absolute Gasteiger partial charge is 0.191 e. The van der Waals surface area contributed by atoms with E-state index in [2.05, 4.69) is 40.7 Å². The molecule has 0 bridgehead atoms. The lowest BCUT2D eigenvalue weighted by Crippen LogP contribution is -2.22. The van der Waals surface area contributed by atoms with Gasteiger partial charge in [-0.1, -0.05) is 25.6 Å². The summed E-state index contributed by atoms with van der Waals surface area (Å²) in [6, 6.07) is 2.46. The summed E-state index contributed by atoms with van der Waals surface area (Å²) >= 11 is 3.43. The minimum Gasteiger partial charge on any atom is -0.370 e. The Morgan fingerprint density at radius 1 is 1.21 bits per heavy atom. The van der Waals surface area contributed by atoms with Crippen LogP contribution in [0.3, 0.4) is 0 Å². The topological polar surface area (TPSA) is 49.8 Å². The van der Waals surface area contributed by atoms with Gasteiger partial charge in [-0.3, -0.25) is 0 Å². The van der Waals surface area contributed by atoms with Crippen molar-refractivity contribution in [2.45, 2.75) is 37.9 Å². The molecule has 0 spiro atoms. The van der Waals surface area contributed by atoms with Crippen molar-refractivity contribution in [1.29, 1.82) is 0 Å². The highest BCUT2D eigenvalue weighted by Gasteiger charge is 2.09. The normalized spacial score (nSPS) is 12.2. The van der Waals surface area contributed by atoms with Gasteiger partial charge in [0.25, 0.3) is 0 Å². The van der Waals surface area contributed by atoms with E-state index >= 15 is 0 Å². The van der Waals surface area contributed by atoms with Crippen molar-refractivity contribution >= 4 is 35.2 Å². The maximum atomic E-state index is 4.52. The van der Waals surface area contributed by atoms with Crippen molar-refractivity contribution in [3.63, 3.8) is 0 Å². The largest absolute Gasteiger partial charge is 0.370 e. The number of nitrogens with one attached hydrogen (secondary N) is 2. The van der Waals surface area contributed by atoms with Crippen LogP contribution in [-0.4, -0.2) is 40.8 Å². The molecule has 1 aromatic rings. The van der Waals surface area contributed by atoms with Crippen molar-refractivity contribution in [2.75, 3.05) is 35.4 Å². The number of rotatable bonds is 9. The molecule has 0 saturated heterocycles. The highest BCUT2D eigenvalue weighted by atomic mass is 32.2. The van der Waals surface area contributed by atoms with Gasteiger partial charge in [-0.2, -0.15) is 11.8 Å². The first kappa shape index (κ1) is 16.4. The van der Waals surface area contributed by atoms with Gasteiger partial charge in [-0.05, 0) is 25.4 Å². The predicted molar refractivity (Wildman–Crippen MR) is 88.7 cm³/mol. The molecule has 0 aliphatic rings. The molecule has 0 radical (unpaired) electrons. The summed E-state index contributed by atoms with van der Waals surface area (Å²) in [6.07, 6.45) is 6.32. The molecule has 6 heteroatoms. The zero-order valence-corrected chi connectivity index (χ0v) is 13.8. The van der Waals surface area contributed by atoms with Crippen LogP contribution in [0.4, 0.5) is 11.6 Å². The fourth-order valence-corrected chi connectivity index (χ4v) is 2.71. The molecule has 0 aliphatic carbocycles. The van der Waals surface area contributed by atoms with E-state index in [9.17, 15) is 0 Å². The monoisotopic (exact) mass is 300 g/mol. The SMILES string of the molecule is CCCNc1cc(NC(CC)CSC)nc(SC)n1. The number of hydrogen-bond acceptors (Lipinski definition) is 6. The molecule has 19 heavy (non-hydrogen) atoms. The fraction of sp³-hybridized carbons (Fsp3) is 0.692. The third kappa shape index (κ3) is 5.91. The Kier molecular flexibility index (Phi) is 8.05. The minimum absolute atomic E-state index is 0.457. The Balaban J connectivity index is 2.80. The van der Waals surface area contributed by atoms with Gasteiger partial charge in [0.2, 0.25) is 0 Å². The minimum atomic E-state index is 0.457. The third-order valence-corrected chi connectivity index (χ3v) is 3.94. The van der Waals surface area contributed by atoms with Crippen LogP contribution in [0, 0.1) is 0 Å². The Morgan fingerprint density at radius 3 is 2.53 bits per heavy atom. The van der Waals surface area contributed by atoms with Crippen LogP contribution < -0.4 is 10.6 Å². The third-order valence-electron chi connectivity index (χ3n) is 2.66. The van der Waals surface area contributed by atoms with Crippen LogP contribution >= 0.6 is 23.5 Å². The molecule has 0 amide bonds. The number of thioether (sulfide) groups is 2. The van der Waals surface area contributed by atoms with Crippen molar-refractivity contribution < 1.29 is 0 Å². The molecule has 1 unspecified atom stereocenters. The first-order valence-corrected chi connectivity index (χ1v) is 9.27. The Labute approximate surface area is 125 Å². The summed E-state index contributed by atoms with van der Waals surface area (Å²) < 4.78 is 0. The lowest BCUT2D eigenvalue weighted by molar-refractivity contribution is 0.764. The van der Waals surface area contributed by atoms with E-state index in [4.69, 9.17) is 0 Å². The van der Waals surface area contributed by atoms with Gasteiger partial charge in [0.05, 0.1) is 0 Å². The fourth-order valence-electron chi connectivity index (χ4n) is 1.61. The van der Waals surface area contributed by atoms with E-state index in [1.165, 1.54) is 0 Å². The summed E-state index contributed by atoms with van der Waals surface area (Å²) in [7, 11) is 0. The molecular weight excluding hydrogens is 276 g/mol. The predicted octanol–water partition coefficient (Wildman–Crippen LogP) is 3.57. The molecule has 1 heterocycles. The average molecular weight is 300 g/mol. The molecule has 1 atom stereocenters. The standard InChI is InChI=1S/C13H24N4S2/c1-5-7-14-11-8-12(17-13(16-11)19-4)15-10(6-2)9-18-3/h8,10H,5-7,9H2,1-4H3,(H2,14,15,16,17).